The molecule has 4 rings (SSSR count). The maximum atomic E-state index is 12.5. The normalized spacial score (nSPS) is 11.9. The average molecular weight is 489 g/mol. The first-order valence-corrected chi connectivity index (χ1v) is 10.7. The number of hydrogen-bond donors (Lipinski definition) is 1. The fourth-order valence-corrected chi connectivity index (χ4v) is 3.86. The van der Waals surface area contributed by atoms with Crippen molar-refractivity contribution in [3.05, 3.63) is 92.2 Å². The van der Waals surface area contributed by atoms with Crippen molar-refractivity contribution in [1.82, 2.24) is 0 Å². The number of carbonyl (C=O) groups is 1. The highest BCUT2D eigenvalue weighted by atomic mass is 35.5. The van der Waals surface area contributed by atoms with Gasteiger partial charge in [-0.1, -0.05) is 59.1 Å². The standard InChI is InChI=1S/C24H16Cl3NO4/c1-13(31-22-9-6-15(25)11-20(22)27)23(29)28-16-7-8-17(19(26)12-16)18-10-14-4-2-3-5-21(14)32-24(18)30/h2-13H,1H3,(H,28,29)/t13-/m1/s1. The summed E-state index contributed by atoms with van der Waals surface area (Å²) in [5.74, 6) is -0.0554. The highest BCUT2D eigenvalue weighted by Crippen LogP contribution is 2.31. The Kier molecular flexibility index (Phi) is 6.42. The number of anilines is 1. The second-order valence-electron chi connectivity index (χ2n) is 7.00. The van der Waals surface area contributed by atoms with Crippen LogP contribution in [-0.4, -0.2) is 12.0 Å². The Balaban J connectivity index is 1.53. The van der Waals surface area contributed by atoms with Gasteiger partial charge in [0, 0.05) is 21.7 Å². The van der Waals surface area contributed by atoms with Gasteiger partial charge in [-0.25, -0.2) is 4.79 Å². The minimum Gasteiger partial charge on any atom is -0.479 e. The summed E-state index contributed by atoms with van der Waals surface area (Å²) in [6.07, 6.45) is -0.834. The molecular weight excluding hydrogens is 473 g/mol. The first-order valence-electron chi connectivity index (χ1n) is 9.57. The topological polar surface area (TPSA) is 68.5 Å². The molecule has 5 nitrogen and oxygen atoms in total. The molecule has 1 amide bonds. The third-order valence-corrected chi connectivity index (χ3v) is 5.58. The van der Waals surface area contributed by atoms with Gasteiger partial charge in [0.1, 0.15) is 11.3 Å². The number of rotatable bonds is 5. The van der Waals surface area contributed by atoms with Crippen molar-refractivity contribution < 1.29 is 13.9 Å². The number of nitrogens with one attached hydrogen (secondary N) is 1. The number of amides is 1. The van der Waals surface area contributed by atoms with Gasteiger partial charge >= 0.3 is 5.63 Å². The van der Waals surface area contributed by atoms with Crippen molar-refractivity contribution in [3.63, 3.8) is 0 Å². The summed E-state index contributed by atoms with van der Waals surface area (Å²) in [4.78, 5) is 25.0. The van der Waals surface area contributed by atoms with E-state index >= 15 is 0 Å². The monoisotopic (exact) mass is 487 g/mol. The smallest absolute Gasteiger partial charge is 0.344 e. The van der Waals surface area contributed by atoms with E-state index < -0.39 is 17.6 Å². The molecule has 3 aromatic carbocycles. The van der Waals surface area contributed by atoms with E-state index in [1.807, 2.05) is 12.1 Å². The van der Waals surface area contributed by atoms with E-state index in [0.717, 1.165) is 5.39 Å². The van der Waals surface area contributed by atoms with Gasteiger partial charge in [-0.15, -0.1) is 0 Å². The number of hydrogen-bond acceptors (Lipinski definition) is 4. The van der Waals surface area contributed by atoms with E-state index in [1.54, 1.807) is 55.5 Å². The molecular formula is C24H16Cl3NO4. The first-order chi connectivity index (χ1) is 15.3. The third kappa shape index (κ3) is 4.75. The van der Waals surface area contributed by atoms with Gasteiger partial charge in [-0.3, -0.25) is 4.79 Å². The molecule has 0 aliphatic carbocycles. The summed E-state index contributed by atoms with van der Waals surface area (Å²) in [6.45, 7) is 1.59. The Hall–Kier alpha value is -2.99. The van der Waals surface area contributed by atoms with E-state index in [0.29, 0.717) is 43.2 Å². The maximum Gasteiger partial charge on any atom is 0.344 e. The van der Waals surface area contributed by atoms with Crippen molar-refractivity contribution in [2.45, 2.75) is 13.0 Å². The summed E-state index contributed by atoms with van der Waals surface area (Å²) < 4.78 is 11.0. The quantitative estimate of drug-likeness (QED) is 0.313. The number of halogens is 3. The molecule has 0 aliphatic rings. The van der Waals surface area contributed by atoms with Crippen LogP contribution in [0.1, 0.15) is 6.92 Å². The van der Waals surface area contributed by atoms with Crippen LogP contribution in [0, 0.1) is 0 Å². The zero-order valence-electron chi connectivity index (χ0n) is 16.7. The Morgan fingerprint density at radius 1 is 0.938 bits per heavy atom. The van der Waals surface area contributed by atoms with Gasteiger partial charge in [0.25, 0.3) is 5.91 Å². The Labute approximate surface area is 198 Å². The van der Waals surface area contributed by atoms with Crippen molar-refractivity contribution in [1.29, 1.82) is 0 Å². The molecule has 0 spiro atoms. The van der Waals surface area contributed by atoms with Crippen LogP contribution in [0.2, 0.25) is 15.1 Å². The highest BCUT2D eigenvalue weighted by molar-refractivity contribution is 6.35. The number of benzene rings is 3. The molecule has 1 aromatic heterocycles. The van der Waals surface area contributed by atoms with Crippen LogP contribution in [-0.2, 0) is 4.79 Å². The summed E-state index contributed by atoms with van der Waals surface area (Å²) in [5.41, 5.74) is 1.29. The lowest BCUT2D eigenvalue weighted by Gasteiger charge is -2.16. The Bertz CT molecular complexity index is 1380. The van der Waals surface area contributed by atoms with E-state index in [4.69, 9.17) is 44.0 Å². The van der Waals surface area contributed by atoms with Crippen molar-refractivity contribution in [2.75, 3.05) is 5.32 Å². The molecule has 8 heteroatoms. The largest absolute Gasteiger partial charge is 0.479 e. The van der Waals surface area contributed by atoms with E-state index in [9.17, 15) is 9.59 Å². The minimum absolute atomic E-state index is 0.291. The summed E-state index contributed by atoms with van der Waals surface area (Å²) in [7, 11) is 0. The minimum atomic E-state index is -0.834. The van der Waals surface area contributed by atoms with Gasteiger partial charge < -0.3 is 14.5 Å². The lowest BCUT2D eigenvalue weighted by Crippen LogP contribution is -2.30. The number of fused-ring (bicyclic) bond motifs is 1. The van der Waals surface area contributed by atoms with E-state index in [-0.39, 0.29) is 0 Å². The molecule has 32 heavy (non-hydrogen) atoms. The molecule has 0 bridgehead atoms. The Morgan fingerprint density at radius 2 is 1.72 bits per heavy atom. The molecule has 1 heterocycles. The van der Waals surface area contributed by atoms with Crippen molar-refractivity contribution in [3.8, 4) is 16.9 Å². The lowest BCUT2D eigenvalue weighted by molar-refractivity contribution is -0.122. The summed E-state index contributed by atoms with van der Waals surface area (Å²) in [6, 6.07) is 18.6. The predicted octanol–water partition coefficient (Wildman–Crippen LogP) is 6.83. The highest BCUT2D eigenvalue weighted by Gasteiger charge is 2.18. The van der Waals surface area contributed by atoms with Crippen LogP contribution < -0.4 is 15.7 Å². The molecule has 0 aliphatic heterocycles. The van der Waals surface area contributed by atoms with Gasteiger partial charge in [0.2, 0.25) is 0 Å². The van der Waals surface area contributed by atoms with Crippen LogP contribution in [0.3, 0.4) is 0 Å². The summed E-state index contributed by atoms with van der Waals surface area (Å²) >= 11 is 18.4. The average Bonchev–Trinajstić information content (AvgIpc) is 2.75. The van der Waals surface area contributed by atoms with Crippen molar-refractivity contribution >= 4 is 57.4 Å². The van der Waals surface area contributed by atoms with Gasteiger partial charge in [-0.2, -0.15) is 0 Å². The predicted molar refractivity (Wildman–Crippen MR) is 128 cm³/mol. The molecule has 0 fully saturated rings. The van der Waals surface area contributed by atoms with Crippen LogP contribution in [0.4, 0.5) is 5.69 Å². The molecule has 0 unspecified atom stereocenters. The van der Waals surface area contributed by atoms with Crippen LogP contribution in [0.15, 0.2) is 75.9 Å². The maximum absolute atomic E-state index is 12.5. The fraction of sp³-hybridized carbons (Fsp3) is 0.0833. The molecule has 1 N–H and O–H groups in total. The second kappa shape index (κ2) is 9.25. The van der Waals surface area contributed by atoms with E-state index in [2.05, 4.69) is 5.32 Å². The number of para-hydroxylation sites is 1. The summed E-state index contributed by atoms with van der Waals surface area (Å²) in [5, 5.41) is 4.58. The van der Waals surface area contributed by atoms with E-state index in [1.165, 1.54) is 6.07 Å². The lowest BCUT2D eigenvalue weighted by atomic mass is 10.1. The first kappa shape index (κ1) is 22.2. The molecule has 1 atom stereocenters. The van der Waals surface area contributed by atoms with Crippen LogP contribution >= 0.6 is 34.8 Å². The molecule has 0 saturated heterocycles. The SMILES string of the molecule is C[C@@H](Oc1ccc(Cl)cc1Cl)C(=O)Nc1ccc(-c2cc3ccccc3oc2=O)c(Cl)c1. The number of carbonyl (C=O) groups excluding carboxylic acids is 1. The Morgan fingerprint density at radius 3 is 2.47 bits per heavy atom. The van der Waals surface area contributed by atoms with Crippen LogP contribution in [0.25, 0.3) is 22.1 Å². The van der Waals surface area contributed by atoms with Crippen LogP contribution in [0.5, 0.6) is 5.75 Å². The third-order valence-electron chi connectivity index (χ3n) is 4.74. The van der Waals surface area contributed by atoms with Gasteiger partial charge in [-0.05, 0) is 49.4 Å². The molecule has 162 valence electrons. The second-order valence-corrected chi connectivity index (χ2v) is 8.25. The zero-order valence-corrected chi connectivity index (χ0v) is 19.0. The van der Waals surface area contributed by atoms with Gasteiger partial charge in [0.15, 0.2) is 6.10 Å². The fourth-order valence-electron chi connectivity index (χ4n) is 3.12. The molecule has 0 saturated carbocycles. The zero-order chi connectivity index (χ0) is 22.8. The number of ether oxygens (including phenoxy) is 1. The molecule has 0 radical (unpaired) electrons. The van der Waals surface area contributed by atoms with Gasteiger partial charge in [0.05, 0.1) is 15.6 Å². The molecule has 4 aromatic rings. The van der Waals surface area contributed by atoms with Crippen molar-refractivity contribution in [2.24, 2.45) is 0 Å².